The maximum atomic E-state index is 12.3. The zero-order chi connectivity index (χ0) is 19.2. The summed E-state index contributed by atoms with van der Waals surface area (Å²) in [5.41, 5.74) is -0.125. The number of carbonyl (C=O) groups excluding carboxylic acids is 2. The molecule has 1 atom stereocenters. The second-order valence-corrected chi connectivity index (χ2v) is 6.76. The van der Waals surface area contributed by atoms with Gasteiger partial charge in [-0.3, -0.25) is 14.5 Å². The quantitative estimate of drug-likeness (QED) is 0.482. The molecule has 0 spiro atoms. The first-order valence-electron chi connectivity index (χ1n) is 8.58. The molecule has 0 aliphatic carbocycles. The first-order valence-corrected chi connectivity index (χ1v) is 8.58. The molecule has 1 fully saturated rings. The lowest BCUT2D eigenvalue weighted by molar-refractivity contribution is -0.135. The Bertz CT molecular complexity index is 633. The second kappa shape index (κ2) is 8.98. The highest BCUT2D eigenvalue weighted by Gasteiger charge is 2.33. The monoisotopic (exact) mass is 365 g/mol. The Balaban J connectivity index is 2.07. The number of nitrogens with one attached hydrogen (secondary N) is 2. The van der Waals surface area contributed by atoms with Crippen molar-refractivity contribution >= 4 is 11.8 Å². The lowest BCUT2D eigenvalue weighted by Gasteiger charge is -2.35. The van der Waals surface area contributed by atoms with E-state index in [0.29, 0.717) is 19.6 Å². The van der Waals surface area contributed by atoms with Gasteiger partial charge in [0, 0.05) is 19.6 Å². The molecule has 1 aromatic carbocycles. The van der Waals surface area contributed by atoms with Gasteiger partial charge in [-0.2, -0.15) is 0 Å². The minimum absolute atomic E-state index is 0.0502. The molecule has 1 aromatic rings. The fraction of sp³-hybridized carbons (Fsp3) is 0.556. The maximum absolute atomic E-state index is 12.3. The minimum Gasteiger partial charge on any atom is -0.497 e. The van der Waals surface area contributed by atoms with E-state index >= 15 is 0 Å². The van der Waals surface area contributed by atoms with Crippen LogP contribution in [-0.4, -0.2) is 71.9 Å². The first kappa shape index (κ1) is 20.2. The van der Waals surface area contributed by atoms with Gasteiger partial charge in [0.1, 0.15) is 5.75 Å². The predicted molar refractivity (Wildman–Crippen MR) is 95.5 cm³/mol. The van der Waals surface area contributed by atoms with E-state index in [1.165, 1.54) is 0 Å². The normalized spacial score (nSPS) is 18.3. The van der Waals surface area contributed by atoms with Crippen LogP contribution < -0.4 is 15.4 Å². The molecule has 8 nitrogen and oxygen atoms in total. The van der Waals surface area contributed by atoms with Crippen molar-refractivity contribution in [2.45, 2.75) is 31.5 Å². The second-order valence-electron chi connectivity index (χ2n) is 6.76. The highest BCUT2D eigenvalue weighted by Crippen LogP contribution is 2.18. The van der Waals surface area contributed by atoms with Crippen LogP contribution >= 0.6 is 0 Å². The van der Waals surface area contributed by atoms with Crippen LogP contribution in [0.2, 0.25) is 0 Å². The summed E-state index contributed by atoms with van der Waals surface area (Å²) in [5, 5.41) is 24.0. The Morgan fingerprint density at radius 2 is 2.15 bits per heavy atom. The molecule has 144 valence electrons. The van der Waals surface area contributed by atoms with Crippen molar-refractivity contribution in [2.24, 2.45) is 0 Å². The molecule has 0 saturated carbocycles. The number of rotatable bonds is 8. The molecule has 0 radical (unpaired) electrons. The van der Waals surface area contributed by atoms with Gasteiger partial charge in [0.15, 0.2) is 0 Å². The van der Waals surface area contributed by atoms with E-state index in [2.05, 4.69) is 10.6 Å². The van der Waals surface area contributed by atoms with Crippen molar-refractivity contribution in [1.82, 2.24) is 15.5 Å². The van der Waals surface area contributed by atoms with Gasteiger partial charge in [0.2, 0.25) is 11.8 Å². The number of hydrogen-bond donors (Lipinski definition) is 4. The van der Waals surface area contributed by atoms with E-state index in [-0.39, 0.29) is 25.5 Å². The van der Waals surface area contributed by atoms with Crippen LogP contribution in [0.5, 0.6) is 5.75 Å². The molecule has 1 unspecified atom stereocenters. The van der Waals surface area contributed by atoms with Crippen molar-refractivity contribution in [3.8, 4) is 5.75 Å². The first-order chi connectivity index (χ1) is 12.4. The molecule has 2 amide bonds. The van der Waals surface area contributed by atoms with Crippen LogP contribution in [0.1, 0.15) is 18.9 Å². The van der Waals surface area contributed by atoms with E-state index in [9.17, 15) is 19.8 Å². The molecule has 1 aliphatic heterocycles. The molecule has 1 aliphatic rings. The SMILES string of the molecule is COc1cccc(CN2CCNC(=O)C2CC(=O)NC(C)(CO)CO)c1. The topological polar surface area (TPSA) is 111 Å². The van der Waals surface area contributed by atoms with E-state index in [1.807, 2.05) is 29.2 Å². The third kappa shape index (κ3) is 5.17. The summed E-state index contributed by atoms with van der Waals surface area (Å²) in [6, 6.07) is 6.96. The molecule has 2 rings (SSSR count). The molecular weight excluding hydrogens is 338 g/mol. The van der Waals surface area contributed by atoms with Crippen molar-refractivity contribution in [1.29, 1.82) is 0 Å². The number of aliphatic hydroxyl groups is 2. The van der Waals surface area contributed by atoms with Gasteiger partial charge in [-0.1, -0.05) is 12.1 Å². The molecule has 1 heterocycles. The molecule has 0 bridgehead atoms. The zero-order valence-electron chi connectivity index (χ0n) is 15.2. The van der Waals surface area contributed by atoms with Gasteiger partial charge in [0.25, 0.3) is 0 Å². The fourth-order valence-corrected chi connectivity index (χ4v) is 2.87. The summed E-state index contributed by atoms with van der Waals surface area (Å²) in [4.78, 5) is 26.6. The highest BCUT2D eigenvalue weighted by atomic mass is 16.5. The number of aliphatic hydroxyl groups excluding tert-OH is 2. The Hall–Kier alpha value is -2.16. The number of methoxy groups -OCH3 is 1. The summed E-state index contributed by atoms with van der Waals surface area (Å²) in [5.74, 6) is 0.136. The van der Waals surface area contributed by atoms with Gasteiger partial charge in [-0.25, -0.2) is 0 Å². The Morgan fingerprint density at radius 3 is 2.81 bits per heavy atom. The number of nitrogens with zero attached hydrogens (tertiary/aromatic N) is 1. The van der Waals surface area contributed by atoms with Crippen LogP contribution in [0.4, 0.5) is 0 Å². The molecular formula is C18H27N3O5. The number of hydrogen-bond acceptors (Lipinski definition) is 6. The van der Waals surface area contributed by atoms with Gasteiger partial charge in [0.05, 0.1) is 38.3 Å². The highest BCUT2D eigenvalue weighted by molar-refractivity contribution is 5.89. The number of ether oxygens (including phenoxy) is 1. The van der Waals surface area contributed by atoms with Crippen LogP contribution in [0, 0.1) is 0 Å². The largest absolute Gasteiger partial charge is 0.497 e. The lowest BCUT2D eigenvalue weighted by atomic mass is 10.0. The molecule has 4 N–H and O–H groups in total. The Morgan fingerprint density at radius 1 is 1.42 bits per heavy atom. The van der Waals surface area contributed by atoms with E-state index < -0.39 is 17.5 Å². The number of carbonyl (C=O) groups is 2. The van der Waals surface area contributed by atoms with Gasteiger partial charge in [-0.15, -0.1) is 0 Å². The Labute approximate surface area is 153 Å². The van der Waals surface area contributed by atoms with E-state index in [0.717, 1.165) is 11.3 Å². The minimum atomic E-state index is -1.11. The van der Waals surface area contributed by atoms with Gasteiger partial charge < -0.3 is 25.6 Å². The average Bonchev–Trinajstić information content (AvgIpc) is 2.64. The van der Waals surface area contributed by atoms with Gasteiger partial charge >= 0.3 is 0 Å². The number of amides is 2. The third-order valence-corrected chi connectivity index (χ3v) is 4.48. The summed E-state index contributed by atoms with van der Waals surface area (Å²) in [6.45, 7) is 2.42. The lowest BCUT2D eigenvalue weighted by Crippen LogP contribution is -2.58. The zero-order valence-corrected chi connectivity index (χ0v) is 15.2. The van der Waals surface area contributed by atoms with Crippen LogP contribution in [0.25, 0.3) is 0 Å². The third-order valence-electron chi connectivity index (χ3n) is 4.48. The smallest absolute Gasteiger partial charge is 0.237 e. The maximum Gasteiger partial charge on any atom is 0.237 e. The van der Waals surface area contributed by atoms with Crippen LogP contribution in [-0.2, 0) is 16.1 Å². The number of benzene rings is 1. The molecule has 1 saturated heterocycles. The van der Waals surface area contributed by atoms with Crippen molar-refractivity contribution in [3.63, 3.8) is 0 Å². The van der Waals surface area contributed by atoms with Crippen LogP contribution in [0.15, 0.2) is 24.3 Å². The molecule has 26 heavy (non-hydrogen) atoms. The predicted octanol–water partition coefficient (Wildman–Crippen LogP) is -0.755. The summed E-state index contributed by atoms with van der Waals surface area (Å²) in [6.07, 6.45) is -0.0502. The average molecular weight is 365 g/mol. The fourth-order valence-electron chi connectivity index (χ4n) is 2.87. The number of piperazine rings is 1. The summed E-state index contributed by atoms with van der Waals surface area (Å²) in [7, 11) is 1.60. The van der Waals surface area contributed by atoms with E-state index in [4.69, 9.17) is 4.74 Å². The van der Waals surface area contributed by atoms with Crippen molar-refractivity contribution < 1.29 is 24.5 Å². The van der Waals surface area contributed by atoms with E-state index in [1.54, 1.807) is 14.0 Å². The summed E-state index contributed by atoms with van der Waals surface area (Å²) < 4.78 is 5.23. The van der Waals surface area contributed by atoms with Crippen LogP contribution in [0.3, 0.4) is 0 Å². The van der Waals surface area contributed by atoms with Crippen molar-refractivity contribution in [3.05, 3.63) is 29.8 Å². The Kier molecular flexibility index (Phi) is 6.96. The standard InChI is InChI=1S/C18H27N3O5/c1-18(11-22,12-23)20-16(24)9-15-17(25)19-6-7-21(15)10-13-4-3-5-14(8-13)26-2/h3-5,8,15,22-23H,6-7,9-12H2,1-2H3,(H,19,25)(H,20,24). The molecule has 8 heteroatoms. The van der Waals surface area contributed by atoms with Gasteiger partial charge in [-0.05, 0) is 24.6 Å². The van der Waals surface area contributed by atoms with Crippen molar-refractivity contribution in [2.75, 3.05) is 33.4 Å². The summed E-state index contributed by atoms with van der Waals surface area (Å²) >= 11 is 0. The molecule has 0 aromatic heterocycles.